The molecule has 5 rings (SSSR count). The van der Waals surface area contributed by atoms with E-state index in [0.717, 1.165) is 12.1 Å². The third-order valence-electron chi connectivity index (χ3n) is 6.02. The predicted molar refractivity (Wildman–Crippen MR) is 115 cm³/mol. The average molecular weight is 473 g/mol. The molecular weight excluding hydrogens is 454 g/mol. The highest BCUT2D eigenvalue weighted by Gasteiger charge is 2.39. The van der Waals surface area contributed by atoms with Gasteiger partial charge in [0.2, 0.25) is 0 Å². The van der Waals surface area contributed by atoms with Crippen molar-refractivity contribution < 1.29 is 22.4 Å². The number of carbonyl (C=O) groups excluding carboxylic acids is 1. The van der Waals surface area contributed by atoms with Crippen molar-refractivity contribution in [1.29, 1.82) is 0 Å². The second-order valence-electron chi connectivity index (χ2n) is 8.34. The smallest absolute Gasteiger partial charge is 0.383 e. The molecule has 34 heavy (non-hydrogen) atoms. The van der Waals surface area contributed by atoms with Crippen molar-refractivity contribution in [2.24, 2.45) is 7.05 Å². The number of nitrogen functional groups attached to an aromatic ring is 1. The Morgan fingerprint density at radius 2 is 1.94 bits per heavy atom. The Labute approximate surface area is 190 Å². The number of pyridine rings is 1. The van der Waals surface area contributed by atoms with E-state index in [0.29, 0.717) is 29.1 Å². The van der Waals surface area contributed by atoms with Crippen LogP contribution in [0.5, 0.6) is 0 Å². The fourth-order valence-electron chi connectivity index (χ4n) is 4.15. The van der Waals surface area contributed by atoms with Crippen molar-refractivity contribution in [1.82, 2.24) is 29.9 Å². The summed E-state index contributed by atoms with van der Waals surface area (Å²) in [5.74, 6) is -1.17. The molecule has 1 aliphatic carbocycles. The number of carbonyl (C=O) groups is 1. The summed E-state index contributed by atoms with van der Waals surface area (Å²) in [4.78, 5) is 19.2. The SMILES string of the molecule is C[C@H](c1ccc(C(F)(F)F)nn1)N(C(=O)c1cc2c(cc1F)nc(N)c1cnn(C)c12)C1CC1. The van der Waals surface area contributed by atoms with Crippen LogP contribution in [-0.4, -0.2) is 41.8 Å². The van der Waals surface area contributed by atoms with Crippen LogP contribution in [0.4, 0.5) is 23.4 Å². The van der Waals surface area contributed by atoms with Gasteiger partial charge >= 0.3 is 6.18 Å². The second kappa shape index (κ2) is 7.61. The lowest BCUT2D eigenvalue weighted by molar-refractivity contribution is -0.141. The summed E-state index contributed by atoms with van der Waals surface area (Å²) in [6, 6.07) is 3.68. The summed E-state index contributed by atoms with van der Waals surface area (Å²) in [7, 11) is 1.70. The third kappa shape index (κ3) is 3.58. The van der Waals surface area contributed by atoms with Crippen LogP contribution in [-0.2, 0) is 13.2 Å². The van der Waals surface area contributed by atoms with Gasteiger partial charge in [0.25, 0.3) is 5.91 Å². The van der Waals surface area contributed by atoms with Crippen molar-refractivity contribution in [3.8, 4) is 0 Å². The van der Waals surface area contributed by atoms with Crippen LogP contribution in [0.15, 0.2) is 30.5 Å². The number of rotatable bonds is 4. The van der Waals surface area contributed by atoms with E-state index in [2.05, 4.69) is 20.3 Å². The molecule has 1 atom stereocenters. The molecule has 176 valence electrons. The summed E-state index contributed by atoms with van der Waals surface area (Å²) in [5, 5.41) is 12.2. The zero-order chi connectivity index (χ0) is 24.4. The maximum atomic E-state index is 15.1. The molecule has 12 heteroatoms. The summed E-state index contributed by atoms with van der Waals surface area (Å²) >= 11 is 0. The van der Waals surface area contributed by atoms with Gasteiger partial charge in [-0.15, -0.1) is 5.10 Å². The third-order valence-corrected chi connectivity index (χ3v) is 6.02. The van der Waals surface area contributed by atoms with E-state index in [1.165, 1.54) is 17.0 Å². The first-order valence-corrected chi connectivity index (χ1v) is 10.5. The van der Waals surface area contributed by atoms with Crippen molar-refractivity contribution >= 4 is 33.5 Å². The van der Waals surface area contributed by atoms with Crippen molar-refractivity contribution in [2.75, 3.05) is 5.73 Å². The van der Waals surface area contributed by atoms with Gasteiger partial charge in [-0.05, 0) is 38.0 Å². The molecule has 1 amide bonds. The first-order valence-electron chi connectivity index (χ1n) is 10.5. The molecule has 1 aliphatic rings. The number of halogens is 4. The summed E-state index contributed by atoms with van der Waals surface area (Å²) in [6.07, 6.45) is -1.68. The first-order chi connectivity index (χ1) is 16.1. The minimum absolute atomic E-state index is 0.178. The minimum atomic E-state index is -4.62. The maximum Gasteiger partial charge on any atom is 0.435 e. The molecule has 8 nitrogen and oxygen atoms in total. The van der Waals surface area contributed by atoms with Crippen molar-refractivity contribution in [3.05, 3.63) is 53.2 Å². The normalized spacial score (nSPS) is 15.1. The molecular formula is C22H19F4N7O. The zero-order valence-electron chi connectivity index (χ0n) is 18.1. The van der Waals surface area contributed by atoms with Gasteiger partial charge < -0.3 is 10.6 Å². The molecule has 1 fully saturated rings. The molecule has 0 saturated heterocycles. The monoisotopic (exact) mass is 473 g/mol. The Hall–Kier alpha value is -3.83. The van der Waals surface area contributed by atoms with Crippen molar-refractivity contribution in [3.63, 3.8) is 0 Å². The number of benzene rings is 1. The largest absolute Gasteiger partial charge is 0.435 e. The lowest BCUT2D eigenvalue weighted by Gasteiger charge is -2.29. The molecule has 0 aliphatic heterocycles. The number of hydrogen-bond donors (Lipinski definition) is 1. The van der Waals surface area contributed by atoms with Gasteiger partial charge in [0.05, 0.1) is 39.9 Å². The topological polar surface area (TPSA) is 103 Å². The highest BCUT2D eigenvalue weighted by molar-refractivity contribution is 6.10. The van der Waals surface area contributed by atoms with E-state index in [1.54, 1.807) is 24.9 Å². The zero-order valence-corrected chi connectivity index (χ0v) is 18.1. The Balaban J connectivity index is 1.57. The lowest BCUT2D eigenvalue weighted by atomic mass is 10.0. The number of amides is 1. The van der Waals surface area contributed by atoms with Gasteiger partial charge in [0, 0.05) is 24.5 Å². The van der Waals surface area contributed by atoms with Gasteiger partial charge in [-0.1, -0.05) is 0 Å². The Morgan fingerprint density at radius 1 is 1.21 bits per heavy atom. The van der Waals surface area contributed by atoms with E-state index in [9.17, 15) is 18.0 Å². The highest BCUT2D eigenvalue weighted by Crippen LogP contribution is 2.37. The number of aromatic nitrogens is 5. The Bertz CT molecular complexity index is 1430. The Morgan fingerprint density at radius 3 is 2.56 bits per heavy atom. The molecule has 2 N–H and O–H groups in total. The number of hydrogen-bond acceptors (Lipinski definition) is 6. The van der Waals surface area contributed by atoms with E-state index in [-0.39, 0.29) is 28.6 Å². The molecule has 3 heterocycles. The quantitative estimate of drug-likeness (QED) is 0.449. The van der Waals surface area contributed by atoms with Gasteiger partial charge in [0.15, 0.2) is 5.69 Å². The molecule has 1 saturated carbocycles. The molecule has 4 aromatic rings. The first kappa shape index (κ1) is 22.0. The van der Waals surface area contributed by atoms with Crippen LogP contribution in [0, 0.1) is 5.82 Å². The van der Waals surface area contributed by atoms with Crippen LogP contribution in [0.3, 0.4) is 0 Å². The fraction of sp³-hybridized carbons (Fsp3) is 0.318. The number of anilines is 1. The molecule has 3 aromatic heterocycles. The van der Waals surface area contributed by atoms with Gasteiger partial charge in [-0.3, -0.25) is 9.48 Å². The van der Waals surface area contributed by atoms with Gasteiger partial charge in [0.1, 0.15) is 11.6 Å². The fourth-order valence-corrected chi connectivity index (χ4v) is 4.15. The van der Waals surface area contributed by atoms with E-state index >= 15 is 4.39 Å². The van der Waals surface area contributed by atoms with Crippen LogP contribution < -0.4 is 5.73 Å². The predicted octanol–water partition coefficient (Wildman–Crippen LogP) is 4.02. The number of alkyl halides is 3. The van der Waals surface area contributed by atoms with Crippen LogP contribution in [0.1, 0.15) is 47.6 Å². The number of nitrogens with two attached hydrogens (primary N) is 1. The van der Waals surface area contributed by atoms with Gasteiger partial charge in [-0.2, -0.15) is 23.4 Å². The number of aryl methyl sites for hydroxylation is 1. The second-order valence-corrected chi connectivity index (χ2v) is 8.34. The highest BCUT2D eigenvalue weighted by atomic mass is 19.4. The van der Waals surface area contributed by atoms with Crippen LogP contribution in [0.25, 0.3) is 21.8 Å². The maximum absolute atomic E-state index is 15.1. The van der Waals surface area contributed by atoms with Crippen LogP contribution >= 0.6 is 0 Å². The lowest BCUT2D eigenvalue weighted by Crippen LogP contribution is -2.36. The standard InChI is InChI=1S/C22H19F4N7O/c1-10(16-5-6-18(31-30-16)22(24,25)26)33(11-3-4-11)21(34)12-7-13-17(8-15(12)23)29-20(27)14-9-28-32(2)19(13)14/h5-11H,3-4H2,1-2H3,(H2,27,29)/t10-/m1/s1. The molecule has 0 bridgehead atoms. The van der Waals surface area contributed by atoms with Crippen LogP contribution in [0.2, 0.25) is 0 Å². The summed E-state index contributed by atoms with van der Waals surface area (Å²) < 4.78 is 55.2. The summed E-state index contributed by atoms with van der Waals surface area (Å²) in [5.41, 5.74) is 5.74. The molecule has 0 unspecified atom stereocenters. The molecule has 0 spiro atoms. The van der Waals surface area contributed by atoms with E-state index in [1.807, 2.05) is 0 Å². The molecule has 1 aromatic carbocycles. The molecule has 0 radical (unpaired) electrons. The number of fused-ring (bicyclic) bond motifs is 3. The van der Waals surface area contributed by atoms with E-state index in [4.69, 9.17) is 5.73 Å². The van der Waals surface area contributed by atoms with Crippen molar-refractivity contribution in [2.45, 2.75) is 38.0 Å². The average Bonchev–Trinajstić information content (AvgIpc) is 3.53. The number of nitrogens with zero attached hydrogens (tertiary/aromatic N) is 6. The summed E-state index contributed by atoms with van der Waals surface area (Å²) in [6.45, 7) is 1.63. The van der Waals surface area contributed by atoms with Gasteiger partial charge in [-0.25, -0.2) is 9.37 Å². The van der Waals surface area contributed by atoms with E-state index < -0.39 is 29.6 Å². The Kier molecular flexibility index (Phi) is 4.92. The minimum Gasteiger partial charge on any atom is -0.383 e.